The predicted octanol–water partition coefficient (Wildman–Crippen LogP) is 2.87. The van der Waals surface area contributed by atoms with E-state index in [4.69, 9.17) is 4.74 Å². The van der Waals surface area contributed by atoms with E-state index in [2.05, 4.69) is 53.8 Å². The molecule has 1 nitrogen and oxygen atoms in total. The molecule has 1 aliphatic heterocycles. The zero-order valence-electron chi connectivity index (χ0n) is 7.01. The summed E-state index contributed by atoms with van der Waals surface area (Å²) in [4.78, 5) is 0. The summed E-state index contributed by atoms with van der Waals surface area (Å²) in [6.07, 6.45) is 0. The quantitative estimate of drug-likeness (QED) is 0.522. The van der Waals surface area contributed by atoms with Crippen LogP contribution in [-0.2, 0) is 14.8 Å². The Bertz CT molecular complexity index is 294. The van der Waals surface area contributed by atoms with Gasteiger partial charge < -0.3 is 4.74 Å². The maximum atomic E-state index is 5.50. The van der Waals surface area contributed by atoms with Gasteiger partial charge in [-0.1, -0.05) is 46.9 Å². The minimum atomic E-state index is 0.159. The van der Waals surface area contributed by atoms with Crippen molar-refractivity contribution in [3.63, 3.8) is 0 Å². The summed E-state index contributed by atoms with van der Waals surface area (Å²) in [5, 5.41) is 0. The second-order valence-electron chi connectivity index (χ2n) is 3.35. The third-order valence-corrected chi connectivity index (χ3v) is 3.10. The highest BCUT2D eigenvalue weighted by atomic mass is 127. The fraction of sp³-hybridized carbons (Fsp3) is 0.400. The second kappa shape index (κ2) is 3.00. The Balaban J connectivity index is 2.52. The summed E-state index contributed by atoms with van der Waals surface area (Å²) in [6.45, 7) is 3.81. The van der Waals surface area contributed by atoms with E-state index in [9.17, 15) is 0 Å². The number of ether oxygens (including phenoxy) is 1. The predicted molar refractivity (Wildman–Crippen MR) is 57.5 cm³/mol. The van der Waals surface area contributed by atoms with E-state index in [1.807, 2.05) is 0 Å². The Morgan fingerprint density at radius 1 is 1.42 bits per heavy atom. The number of fused-ring (bicyclic) bond motifs is 1. The van der Waals surface area contributed by atoms with Gasteiger partial charge in [-0.3, -0.25) is 0 Å². The third-order valence-electron chi connectivity index (χ3n) is 2.21. The largest absolute Gasteiger partial charge is 0.375 e. The summed E-state index contributed by atoms with van der Waals surface area (Å²) in [6, 6.07) is 8.51. The van der Waals surface area contributed by atoms with E-state index < -0.39 is 0 Å². The van der Waals surface area contributed by atoms with Crippen LogP contribution in [0.5, 0.6) is 0 Å². The molecule has 0 aromatic heterocycles. The number of hydrogen-bond donors (Lipinski definition) is 0. The van der Waals surface area contributed by atoms with Crippen LogP contribution in [0.1, 0.15) is 18.1 Å². The molecule has 1 aromatic carbocycles. The fourth-order valence-corrected chi connectivity index (χ4v) is 2.33. The van der Waals surface area contributed by atoms with Crippen molar-refractivity contribution in [2.24, 2.45) is 0 Å². The maximum Gasteiger partial charge on any atom is 0.0720 e. The van der Waals surface area contributed by atoms with Gasteiger partial charge in [-0.05, 0) is 18.1 Å². The molecule has 1 atom stereocenters. The van der Waals surface area contributed by atoms with E-state index in [0.717, 1.165) is 13.2 Å². The Hall–Kier alpha value is -0.0900. The van der Waals surface area contributed by atoms with Crippen LogP contribution >= 0.6 is 22.6 Å². The zero-order valence-corrected chi connectivity index (χ0v) is 9.17. The van der Waals surface area contributed by atoms with Crippen LogP contribution in [0.3, 0.4) is 0 Å². The molecule has 12 heavy (non-hydrogen) atoms. The Labute approximate surface area is 86.3 Å². The van der Waals surface area contributed by atoms with Crippen molar-refractivity contribution < 1.29 is 4.74 Å². The summed E-state index contributed by atoms with van der Waals surface area (Å²) < 4.78 is 5.66. The monoisotopic (exact) mass is 274 g/mol. The van der Waals surface area contributed by atoms with Gasteiger partial charge in [0, 0.05) is 0 Å². The highest BCUT2D eigenvalue weighted by Gasteiger charge is 2.29. The topological polar surface area (TPSA) is 9.23 Å². The summed E-state index contributed by atoms with van der Waals surface area (Å²) in [7, 11) is 0. The molecule has 1 aliphatic rings. The van der Waals surface area contributed by atoms with E-state index in [-0.39, 0.29) is 3.42 Å². The van der Waals surface area contributed by atoms with E-state index in [1.165, 1.54) is 11.1 Å². The fourth-order valence-electron chi connectivity index (χ4n) is 1.59. The van der Waals surface area contributed by atoms with Crippen molar-refractivity contribution in [2.45, 2.75) is 17.0 Å². The van der Waals surface area contributed by atoms with Crippen molar-refractivity contribution in [3.05, 3.63) is 35.4 Å². The maximum absolute atomic E-state index is 5.50. The molecule has 0 aliphatic carbocycles. The lowest BCUT2D eigenvalue weighted by atomic mass is 9.95. The van der Waals surface area contributed by atoms with E-state index >= 15 is 0 Å². The number of rotatable bonds is 0. The molecular formula is C10H11IO. The standard InChI is InChI=1S/C10H11IO/c1-10(11)7-12-6-8-4-2-3-5-9(8)10/h2-5H,6-7H2,1H3. The molecular weight excluding hydrogens is 263 g/mol. The molecule has 0 spiro atoms. The van der Waals surface area contributed by atoms with Crippen LogP contribution in [-0.4, -0.2) is 6.61 Å². The molecule has 0 radical (unpaired) electrons. The molecule has 1 aromatic rings. The molecule has 0 amide bonds. The van der Waals surface area contributed by atoms with Crippen molar-refractivity contribution in [1.29, 1.82) is 0 Å². The van der Waals surface area contributed by atoms with Crippen molar-refractivity contribution in [2.75, 3.05) is 6.61 Å². The lowest BCUT2D eigenvalue weighted by molar-refractivity contribution is 0.0905. The summed E-state index contributed by atoms with van der Waals surface area (Å²) in [5.74, 6) is 0. The summed E-state index contributed by atoms with van der Waals surface area (Å²) in [5.41, 5.74) is 2.76. The van der Waals surface area contributed by atoms with Gasteiger partial charge in [0.25, 0.3) is 0 Å². The van der Waals surface area contributed by atoms with Gasteiger partial charge in [0.15, 0.2) is 0 Å². The molecule has 2 rings (SSSR count). The Morgan fingerprint density at radius 2 is 2.17 bits per heavy atom. The van der Waals surface area contributed by atoms with Crippen LogP contribution in [0.2, 0.25) is 0 Å². The third kappa shape index (κ3) is 1.38. The second-order valence-corrected chi connectivity index (χ2v) is 5.73. The van der Waals surface area contributed by atoms with Gasteiger partial charge >= 0.3 is 0 Å². The molecule has 0 saturated heterocycles. The molecule has 64 valence electrons. The Kier molecular flexibility index (Phi) is 2.12. The van der Waals surface area contributed by atoms with Crippen LogP contribution in [0.4, 0.5) is 0 Å². The first-order chi connectivity index (χ1) is 5.70. The Morgan fingerprint density at radius 3 is 2.92 bits per heavy atom. The van der Waals surface area contributed by atoms with Gasteiger partial charge in [0.2, 0.25) is 0 Å². The summed E-state index contributed by atoms with van der Waals surface area (Å²) >= 11 is 2.46. The first-order valence-corrected chi connectivity index (χ1v) is 5.13. The minimum absolute atomic E-state index is 0.159. The minimum Gasteiger partial charge on any atom is -0.375 e. The molecule has 1 heterocycles. The average Bonchev–Trinajstić information content (AvgIpc) is 2.04. The van der Waals surface area contributed by atoms with E-state index in [1.54, 1.807) is 0 Å². The number of alkyl halides is 1. The zero-order chi connectivity index (χ0) is 8.60. The van der Waals surface area contributed by atoms with Crippen LogP contribution < -0.4 is 0 Å². The molecule has 0 saturated carbocycles. The van der Waals surface area contributed by atoms with Crippen LogP contribution in [0.25, 0.3) is 0 Å². The van der Waals surface area contributed by atoms with Gasteiger partial charge in [-0.15, -0.1) is 0 Å². The first-order valence-electron chi connectivity index (χ1n) is 4.05. The average molecular weight is 274 g/mol. The van der Waals surface area contributed by atoms with Crippen LogP contribution in [0.15, 0.2) is 24.3 Å². The number of benzene rings is 1. The van der Waals surface area contributed by atoms with E-state index in [0.29, 0.717) is 0 Å². The van der Waals surface area contributed by atoms with Gasteiger partial charge in [-0.2, -0.15) is 0 Å². The molecule has 0 bridgehead atoms. The number of hydrogen-bond acceptors (Lipinski definition) is 1. The van der Waals surface area contributed by atoms with Crippen molar-refractivity contribution >= 4 is 22.6 Å². The molecule has 1 unspecified atom stereocenters. The van der Waals surface area contributed by atoms with Gasteiger partial charge in [0.05, 0.1) is 16.6 Å². The highest BCUT2D eigenvalue weighted by Crippen LogP contribution is 2.37. The molecule has 0 N–H and O–H groups in total. The number of halogens is 1. The SMILES string of the molecule is CC1(I)COCc2ccccc21. The van der Waals surface area contributed by atoms with Gasteiger partial charge in [-0.25, -0.2) is 0 Å². The molecule has 0 fully saturated rings. The smallest absolute Gasteiger partial charge is 0.0720 e. The normalized spacial score (nSPS) is 28.2. The first kappa shape index (κ1) is 8.51. The van der Waals surface area contributed by atoms with Crippen LogP contribution in [0, 0.1) is 0 Å². The highest BCUT2D eigenvalue weighted by molar-refractivity contribution is 14.1. The molecule has 2 heteroatoms. The van der Waals surface area contributed by atoms with Crippen molar-refractivity contribution in [3.8, 4) is 0 Å². The lowest BCUT2D eigenvalue weighted by Crippen LogP contribution is -2.26. The van der Waals surface area contributed by atoms with Crippen molar-refractivity contribution in [1.82, 2.24) is 0 Å². The van der Waals surface area contributed by atoms with Gasteiger partial charge in [0.1, 0.15) is 0 Å². The lowest BCUT2D eigenvalue weighted by Gasteiger charge is -2.30.